The zero-order chi connectivity index (χ0) is 19.6. The van der Waals surface area contributed by atoms with Gasteiger partial charge in [-0.1, -0.05) is 36.6 Å². The summed E-state index contributed by atoms with van der Waals surface area (Å²) in [6.07, 6.45) is 6.73. The second-order valence-corrected chi connectivity index (χ2v) is 7.84. The summed E-state index contributed by atoms with van der Waals surface area (Å²) in [5.74, 6) is -0.545. The van der Waals surface area contributed by atoms with E-state index in [0.717, 1.165) is 44.2 Å². The Hall–Kier alpha value is -1.59. The third kappa shape index (κ3) is 7.89. The van der Waals surface area contributed by atoms with Crippen molar-refractivity contribution in [2.24, 2.45) is 0 Å². The van der Waals surface area contributed by atoms with Crippen molar-refractivity contribution in [3.63, 3.8) is 0 Å². The van der Waals surface area contributed by atoms with E-state index < -0.39 is 12.1 Å². The Morgan fingerprint density at radius 2 is 2.04 bits per heavy atom. The molecule has 1 saturated heterocycles. The highest BCUT2D eigenvalue weighted by Crippen LogP contribution is 2.24. The number of carbonyl (C=O) groups is 2. The van der Waals surface area contributed by atoms with Crippen LogP contribution in [0.15, 0.2) is 24.3 Å². The minimum absolute atomic E-state index is 0.204. The number of likely N-dealkylation sites (tertiary alicyclic amines) is 1. The molecule has 1 fully saturated rings. The molecule has 1 aliphatic heterocycles. The van der Waals surface area contributed by atoms with Crippen LogP contribution in [0.2, 0.25) is 5.02 Å². The molecule has 0 saturated carbocycles. The van der Waals surface area contributed by atoms with E-state index in [0.29, 0.717) is 30.7 Å². The van der Waals surface area contributed by atoms with E-state index in [2.05, 4.69) is 0 Å². The van der Waals surface area contributed by atoms with Crippen LogP contribution in [-0.2, 0) is 16.0 Å². The number of aliphatic carboxylic acids is 1. The number of unbranched alkanes of at least 4 members (excludes halogenated alkanes) is 3. The molecule has 6 heteroatoms. The van der Waals surface area contributed by atoms with Gasteiger partial charge in [-0.25, -0.2) is 0 Å². The van der Waals surface area contributed by atoms with E-state index in [-0.39, 0.29) is 18.4 Å². The van der Waals surface area contributed by atoms with Crippen LogP contribution in [0, 0.1) is 0 Å². The van der Waals surface area contributed by atoms with Crippen molar-refractivity contribution >= 4 is 23.5 Å². The van der Waals surface area contributed by atoms with Crippen LogP contribution in [0.5, 0.6) is 0 Å². The van der Waals surface area contributed by atoms with E-state index >= 15 is 0 Å². The highest BCUT2D eigenvalue weighted by molar-refractivity contribution is 6.30. The fraction of sp³-hybridized carbons (Fsp3) is 0.619. The van der Waals surface area contributed by atoms with Gasteiger partial charge in [0.2, 0.25) is 5.91 Å². The van der Waals surface area contributed by atoms with Gasteiger partial charge in [-0.3, -0.25) is 9.59 Å². The molecule has 0 aliphatic carbocycles. The zero-order valence-electron chi connectivity index (χ0n) is 15.8. The number of rotatable bonds is 12. The number of hydrogen-bond acceptors (Lipinski definition) is 3. The number of nitrogens with zero attached hydrogens (tertiary/aromatic N) is 1. The van der Waals surface area contributed by atoms with Gasteiger partial charge in [0.05, 0.1) is 6.10 Å². The smallest absolute Gasteiger partial charge is 0.303 e. The number of halogens is 1. The molecule has 1 aromatic carbocycles. The van der Waals surface area contributed by atoms with Crippen molar-refractivity contribution in [2.45, 2.75) is 76.4 Å². The summed E-state index contributed by atoms with van der Waals surface area (Å²) < 4.78 is 0. The van der Waals surface area contributed by atoms with Gasteiger partial charge in [0, 0.05) is 30.5 Å². The van der Waals surface area contributed by atoms with Gasteiger partial charge in [-0.15, -0.1) is 0 Å². The Labute approximate surface area is 166 Å². The Kier molecular flexibility index (Phi) is 9.08. The van der Waals surface area contributed by atoms with Crippen molar-refractivity contribution in [1.82, 2.24) is 4.90 Å². The summed E-state index contributed by atoms with van der Waals surface area (Å²) in [5.41, 5.74) is 1.02. The molecule has 27 heavy (non-hydrogen) atoms. The van der Waals surface area contributed by atoms with Gasteiger partial charge >= 0.3 is 5.97 Å². The summed E-state index contributed by atoms with van der Waals surface area (Å²) >= 11 is 5.98. The SMILES string of the molecule is O=C(O)CCCCCCN1C(=O)CCC1CCC(O)Cc1cccc(Cl)c1. The Morgan fingerprint density at radius 3 is 2.78 bits per heavy atom. The van der Waals surface area contributed by atoms with Crippen molar-refractivity contribution in [3.05, 3.63) is 34.9 Å². The number of benzene rings is 1. The van der Waals surface area contributed by atoms with E-state index in [1.54, 1.807) is 0 Å². The summed E-state index contributed by atoms with van der Waals surface area (Å²) in [6.45, 7) is 0.737. The predicted octanol–water partition coefficient (Wildman–Crippen LogP) is 4.05. The first-order valence-electron chi connectivity index (χ1n) is 9.89. The molecule has 2 N–H and O–H groups in total. The summed E-state index contributed by atoms with van der Waals surface area (Å²) in [4.78, 5) is 24.6. The number of aliphatic hydroxyl groups is 1. The molecule has 1 amide bonds. The average Bonchev–Trinajstić information content (AvgIpc) is 2.96. The molecule has 1 heterocycles. The zero-order valence-corrected chi connectivity index (χ0v) is 16.5. The molecule has 1 aliphatic rings. The van der Waals surface area contributed by atoms with Crippen LogP contribution in [0.25, 0.3) is 0 Å². The minimum Gasteiger partial charge on any atom is -0.481 e. The van der Waals surface area contributed by atoms with Gasteiger partial charge in [-0.2, -0.15) is 0 Å². The van der Waals surface area contributed by atoms with Crippen molar-refractivity contribution in [2.75, 3.05) is 6.54 Å². The molecule has 0 radical (unpaired) electrons. The number of carbonyl (C=O) groups excluding carboxylic acids is 1. The normalized spacial score (nSPS) is 18.1. The van der Waals surface area contributed by atoms with Crippen LogP contribution in [-0.4, -0.2) is 45.7 Å². The summed E-state index contributed by atoms with van der Waals surface area (Å²) in [7, 11) is 0. The average molecular weight is 396 g/mol. The lowest BCUT2D eigenvalue weighted by atomic mass is 10.0. The summed E-state index contributed by atoms with van der Waals surface area (Å²) in [5, 5.41) is 19.6. The lowest BCUT2D eigenvalue weighted by molar-refractivity contribution is -0.137. The van der Waals surface area contributed by atoms with Crippen LogP contribution in [0.3, 0.4) is 0 Å². The number of aliphatic hydroxyl groups excluding tert-OH is 1. The number of carboxylic acid groups (broad SMARTS) is 1. The van der Waals surface area contributed by atoms with Crippen molar-refractivity contribution in [1.29, 1.82) is 0 Å². The maximum atomic E-state index is 12.1. The van der Waals surface area contributed by atoms with Gasteiger partial charge in [0.25, 0.3) is 0 Å². The standard InChI is InChI=1S/C21H30ClNO4/c22-17-7-5-6-16(14-17)15-19(24)11-9-18-10-12-20(25)23(18)13-4-2-1-3-8-21(26)27/h5-7,14,18-19,24H,1-4,8-13,15H2,(H,26,27). The Balaban J connectivity index is 1.69. The highest BCUT2D eigenvalue weighted by Gasteiger charge is 2.30. The van der Waals surface area contributed by atoms with Crippen molar-refractivity contribution in [3.8, 4) is 0 Å². The van der Waals surface area contributed by atoms with Crippen LogP contribution >= 0.6 is 11.6 Å². The molecule has 0 aromatic heterocycles. The maximum Gasteiger partial charge on any atom is 0.303 e. The first-order chi connectivity index (χ1) is 13.0. The topological polar surface area (TPSA) is 77.8 Å². The van der Waals surface area contributed by atoms with Crippen LogP contribution in [0.4, 0.5) is 0 Å². The third-order valence-electron chi connectivity index (χ3n) is 5.19. The van der Waals surface area contributed by atoms with Crippen molar-refractivity contribution < 1.29 is 19.8 Å². The molecule has 2 rings (SSSR count). The highest BCUT2D eigenvalue weighted by atomic mass is 35.5. The minimum atomic E-state index is -0.749. The first kappa shape index (κ1) is 21.7. The van der Waals surface area contributed by atoms with Crippen LogP contribution < -0.4 is 0 Å². The van der Waals surface area contributed by atoms with Crippen LogP contribution in [0.1, 0.15) is 63.4 Å². The molecule has 0 spiro atoms. The summed E-state index contributed by atoms with van der Waals surface area (Å²) in [6, 6.07) is 7.76. The molecule has 150 valence electrons. The maximum absolute atomic E-state index is 12.1. The quantitative estimate of drug-likeness (QED) is 0.523. The fourth-order valence-corrected chi connectivity index (χ4v) is 3.95. The molecule has 0 bridgehead atoms. The van der Waals surface area contributed by atoms with Gasteiger partial charge in [0.15, 0.2) is 0 Å². The second kappa shape index (κ2) is 11.3. The van der Waals surface area contributed by atoms with Gasteiger partial charge < -0.3 is 15.1 Å². The third-order valence-corrected chi connectivity index (χ3v) is 5.42. The van der Waals surface area contributed by atoms with E-state index in [9.17, 15) is 14.7 Å². The van der Waals surface area contributed by atoms with E-state index in [1.165, 1.54) is 0 Å². The van der Waals surface area contributed by atoms with Gasteiger partial charge in [0.1, 0.15) is 0 Å². The second-order valence-electron chi connectivity index (χ2n) is 7.40. The lowest BCUT2D eigenvalue weighted by Crippen LogP contribution is -2.34. The molecule has 2 unspecified atom stereocenters. The number of hydrogen-bond donors (Lipinski definition) is 2. The van der Waals surface area contributed by atoms with E-state index in [4.69, 9.17) is 16.7 Å². The predicted molar refractivity (Wildman–Crippen MR) is 106 cm³/mol. The fourth-order valence-electron chi connectivity index (χ4n) is 3.74. The van der Waals surface area contributed by atoms with E-state index in [1.807, 2.05) is 29.2 Å². The van der Waals surface area contributed by atoms with Gasteiger partial charge in [-0.05, 0) is 56.2 Å². The first-order valence-corrected chi connectivity index (χ1v) is 10.3. The Bertz CT molecular complexity index is 622. The lowest BCUT2D eigenvalue weighted by Gasteiger charge is -2.25. The molecular weight excluding hydrogens is 366 g/mol. The molecular formula is C21H30ClNO4. The molecule has 2 atom stereocenters. The monoisotopic (exact) mass is 395 g/mol. The number of amides is 1. The largest absolute Gasteiger partial charge is 0.481 e. The molecule has 1 aromatic rings. The number of carboxylic acids is 1. The Morgan fingerprint density at radius 1 is 1.26 bits per heavy atom. The molecule has 5 nitrogen and oxygen atoms in total.